The van der Waals surface area contributed by atoms with Crippen LogP contribution in [0.2, 0.25) is 0 Å². The standard InChI is InChI=1S/C10H12Br2OS/c11-8-3-5-14-10(8)9(12)7-2-1-4-13-6-7/h3,5,7,9H,1-2,4,6H2. The van der Waals surface area contributed by atoms with Crippen LogP contribution >= 0.6 is 43.2 Å². The van der Waals surface area contributed by atoms with Gasteiger partial charge in [0.2, 0.25) is 0 Å². The maximum Gasteiger partial charge on any atom is 0.0550 e. The minimum absolute atomic E-state index is 0.442. The number of hydrogen-bond acceptors (Lipinski definition) is 2. The first kappa shape index (κ1) is 11.1. The minimum Gasteiger partial charge on any atom is -0.381 e. The first-order valence-corrected chi connectivity index (χ1v) is 7.32. The lowest BCUT2D eigenvalue weighted by Crippen LogP contribution is -2.20. The third-order valence-corrected chi connectivity index (χ3v) is 5.97. The highest BCUT2D eigenvalue weighted by atomic mass is 79.9. The molecule has 0 spiro atoms. The molecule has 0 radical (unpaired) electrons. The van der Waals surface area contributed by atoms with Gasteiger partial charge < -0.3 is 4.74 Å². The molecule has 4 heteroatoms. The van der Waals surface area contributed by atoms with Crippen molar-refractivity contribution in [3.05, 3.63) is 20.8 Å². The van der Waals surface area contributed by atoms with Gasteiger partial charge >= 0.3 is 0 Å². The highest BCUT2D eigenvalue weighted by molar-refractivity contribution is 9.11. The van der Waals surface area contributed by atoms with Crippen molar-refractivity contribution in [3.63, 3.8) is 0 Å². The molecule has 1 aliphatic heterocycles. The van der Waals surface area contributed by atoms with Crippen LogP contribution in [0.15, 0.2) is 15.9 Å². The molecule has 1 saturated heterocycles. The fraction of sp³-hybridized carbons (Fsp3) is 0.600. The summed E-state index contributed by atoms with van der Waals surface area (Å²) in [5, 5.41) is 2.12. The van der Waals surface area contributed by atoms with Crippen molar-refractivity contribution in [1.29, 1.82) is 0 Å². The predicted octanol–water partition coefficient (Wildman–Crippen LogP) is 4.37. The molecule has 0 N–H and O–H groups in total. The van der Waals surface area contributed by atoms with Gasteiger partial charge in [0.25, 0.3) is 0 Å². The lowest BCUT2D eigenvalue weighted by molar-refractivity contribution is 0.0548. The summed E-state index contributed by atoms with van der Waals surface area (Å²) in [6, 6.07) is 2.11. The molecule has 2 heterocycles. The predicted molar refractivity (Wildman–Crippen MR) is 67.2 cm³/mol. The molecule has 2 unspecified atom stereocenters. The third kappa shape index (κ3) is 2.40. The van der Waals surface area contributed by atoms with E-state index in [0.717, 1.165) is 13.2 Å². The first-order chi connectivity index (χ1) is 6.79. The molecule has 2 rings (SSSR count). The van der Waals surface area contributed by atoms with Crippen molar-refractivity contribution in [1.82, 2.24) is 0 Å². The Morgan fingerprint density at radius 3 is 3.00 bits per heavy atom. The number of rotatable bonds is 2. The van der Waals surface area contributed by atoms with Crippen molar-refractivity contribution < 1.29 is 4.74 Å². The molecule has 1 aromatic heterocycles. The summed E-state index contributed by atoms with van der Waals surface area (Å²) in [6.45, 7) is 1.82. The Bertz CT molecular complexity index is 294. The highest BCUT2D eigenvalue weighted by Crippen LogP contribution is 2.41. The second-order valence-corrected chi connectivity index (χ2v) is 6.30. The summed E-state index contributed by atoms with van der Waals surface area (Å²) in [7, 11) is 0. The summed E-state index contributed by atoms with van der Waals surface area (Å²) in [5.74, 6) is 0.624. The number of alkyl halides is 1. The fourth-order valence-electron chi connectivity index (χ4n) is 1.71. The average Bonchev–Trinajstić information content (AvgIpc) is 2.65. The maximum atomic E-state index is 5.50. The van der Waals surface area contributed by atoms with Gasteiger partial charge in [-0.15, -0.1) is 11.3 Å². The van der Waals surface area contributed by atoms with Crippen LogP contribution in [0.5, 0.6) is 0 Å². The topological polar surface area (TPSA) is 9.23 Å². The van der Waals surface area contributed by atoms with Crippen LogP contribution in [-0.2, 0) is 4.74 Å². The minimum atomic E-state index is 0.442. The highest BCUT2D eigenvalue weighted by Gasteiger charge is 2.25. The summed E-state index contributed by atoms with van der Waals surface area (Å²) in [6.07, 6.45) is 2.45. The van der Waals surface area contributed by atoms with Gasteiger partial charge in [-0.2, -0.15) is 0 Å². The van der Waals surface area contributed by atoms with E-state index >= 15 is 0 Å². The third-order valence-electron chi connectivity index (χ3n) is 2.50. The zero-order valence-electron chi connectivity index (χ0n) is 7.71. The molecule has 0 bridgehead atoms. The Kier molecular flexibility index (Phi) is 4.05. The fourth-order valence-corrected chi connectivity index (χ4v) is 4.70. The Morgan fingerprint density at radius 2 is 2.43 bits per heavy atom. The van der Waals surface area contributed by atoms with E-state index in [2.05, 4.69) is 43.3 Å². The smallest absolute Gasteiger partial charge is 0.0550 e. The van der Waals surface area contributed by atoms with E-state index in [9.17, 15) is 0 Å². The van der Waals surface area contributed by atoms with Gasteiger partial charge in [-0.25, -0.2) is 0 Å². The molecule has 0 amide bonds. The Labute approximate surface area is 105 Å². The number of ether oxygens (including phenoxy) is 1. The van der Waals surface area contributed by atoms with Crippen molar-refractivity contribution in [2.75, 3.05) is 13.2 Å². The van der Waals surface area contributed by atoms with Gasteiger partial charge in [0.1, 0.15) is 0 Å². The monoisotopic (exact) mass is 338 g/mol. The van der Waals surface area contributed by atoms with Crippen molar-refractivity contribution in [2.45, 2.75) is 17.7 Å². The van der Waals surface area contributed by atoms with Crippen LogP contribution in [-0.4, -0.2) is 13.2 Å². The van der Waals surface area contributed by atoms with Crippen LogP contribution in [0.4, 0.5) is 0 Å². The lowest BCUT2D eigenvalue weighted by Gasteiger charge is -2.26. The van der Waals surface area contributed by atoms with E-state index in [4.69, 9.17) is 4.74 Å². The van der Waals surface area contributed by atoms with Crippen molar-refractivity contribution in [2.24, 2.45) is 5.92 Å². The second-order valence-electron chi connectivity index (χ2n) is 3.51. The van der Waals surface area contributed by atoms with Crippen LogP contribution in [0.25, 0.3) is 0 Å². The van der Waals surface area contributed by atoms with E-state index in [0.29, 0.717) is 10.7 Å². The maximum absolute atomic E-state index is 5.50. The molecule has 1 fully saturated rings. The molecule has 14 heavy (non-hydrogen) atoms. The van der Waals surface area contributed by atoms with Gasteiger partial charge in [-0.3, -0.25) is 0 Å². The number of thiophene rings is 1. The number of halogens is 2. The summed E-state index contributed by atoms with van der Waals surface area (Å²) >= 11 is 9.15. The Morgan fingerprint density at radius 1 is 1.57 bits per heavy atom. The van der Waals surface area contributed by atoms with Crippen LogP contribution in [0.3, 0.4) is 0 Å². The van der Waals surface area contributed by atoms with Crippen LogP contribution in [0, 0.1) is 5.92 Å². The molecule has 2 atom stereocenters. The van der Waals surface area contributed by atoms with Gasteiger partial charge in [0.05, 0.1) is 11.4 Å². The largest absolute Gasteiger partial charge is 0.381 e. The lowest BCUT2D eigenvalue weighted by atomic mass is 9.98. The zero-order chi connectivity index (χ0) is 9.97. The Hall–Kier alpha value is 0.620. The van der Waals surface area contributed by atoms with Gasteiger partial charge in [0, 0.05) is 16.0 Å². The van der Waals surface area contributed by atoms with E-state index in [-0.39, 0.29) is 0 Å². The normalized spacial score (nSPS) is 24.9. The molecular formula is C10H12Br2OS. The Balaban J connectivity index is 2.07. The quantitative estimate of drug-likeness (QED) is 0.727. The van der Waals surface area contributed by atoms with Gasteiger partial charge in [0.15, 0.2) is 0 Å². The van der Waals surface area contributed by atoms with E-state index in [1.807, 2.05) is 0 Å². The van der Waals surface area contributed by atoms with E-state index in [1.165, 1.54) is 22.2 Å². The summed E-state index contributed by atoms with van der Waals surface area (Å²) in [5.41, 5.74) is 0. The summed E-state index contributed by atoms with van der Waals surface area (Å²) < 4.78 is 6.72. The van der Waals surface area contributed by atoms with E-state index in [1.54, 1.807) is 11.3 Å². The molecular weight excluding hydrogens is 328 g/mol. The molecule has 1 aromatic rings. The van der Waals surface area contributed by atoms with E-state index < -0.39 is 0 Å². The molecule has 1 aliphatic rings. The summed E-state index contributed by atoms with van der Waals surface area (Å²) in [4.78, 5) is 1.83. The van der Waals surface area contributed by atoms with Crippen LogP contribution < -0.4 is 0 Å². The molecule has 0 saturated carbocycles. The molecule has 0 aliphatic carbocycles. The van der Waals surface area contributed by atoms with Gasteiger partial charge in [-0.1, -0.05) is 15.9 Å². The molecule has 0 aromatic carbocycles. The second kappa shape index (κ2) is 5.10. The molecule has 78 valence electrons. The van der Waals surface area contributed by atoms with Gasteiger partial charge in [-0.05, 0) is 46.1 Å². The van der Waals surface area contributed by atoms with Crippen LogP contribution in [0.1, 0.15) is 22.5 Å². The zero-order valence-corrected chi connectivity index (χ0v) is 11.7. The van der Waals surface area contributed by atoms with Crippen molar-refractivity contribution >= 4 is 43.2 Å². The average molecular weight is 340 g/mol. The number of hydrogen-bond donors (Lipinski definition) is 0. The SMILES string of the molecule is Brc1ccsc1C(Br)C1CCCOC1. The molecule has 1 nitrogen and oxygen atoms in total. The van der Waals surface area contributed by atoms with Crippen molar-refractivity contribution in [3.8, 4) is 0 Å². The first-order valence-electron chi connectivity index (χ1n) is 4.73.